The van der Waals surface area contributed by atoms with E-state index in [2.05, 4.69) is 15.1 Å². The van der Waals surface area contributed by atoms with Gasteiger partial charge in [-0.2, -0.15) is 5.10 Å². The number of fused-ring (bicyclic) bond motifs is 1. The molecule has 4 aromatic rings. The average molecular weight is 384 g/mol. The first-order valence-electron chi connectivity index (χ1n) is 7.89. The van der Waals surface area contributed by atoms with E-state index < -0.39 is 0 Å². The molecule has 1 aromatic carbocycles. The van der Waals surface area contributed by atoms with Crippen LogP contribution in [0.1, 0.15) is 5.76 Å². The number of methoxy groups -OCH3 is 1. The largest absolute Gasteiger partial charge is 0.490 e. The fraction of sp³-hybridized carbons (Fsp3) is 0.111. The smallest absolute Gasteiger partial charge is 0.227 e. The molecule has 3 aromatic heterocycles. The lowest BCUT2D eigenvalue weighted by atomic mass is 10.3. The van der Waals surface area contributed by atoms with Crippen molar-refractivity contribution in [1.82, 2.24) is 19.7 Å². The monoisotopic (exact) mass is 384 g/mol. The van der Waals surface area contributed by atoms with E-state index in [0.29, 0.717) is 27.9 Å². The van der Waals surface area contributed by atoms with Crippen molar-refractivity contribution < 1.29 is 13.5 Å². The lowest BCUT2D eigenvalue weighted by molar-refractivity contribution is 0.381. The Morgan fingerprint density at radius 2 is 2.07 bits per heavy atom. The highest BCUT2D eigenvalue weighted by atomic mass is 32.2. The molecule has 0 N–H and O–H groups in total. The van der Waals surface area contributed by atoms with E-state index in [1.165, 1.54) is 49.7 Å². The first-order chi connectivity index (χ1) is 13.2. The lowest BCUT2D eigenvalue weighted by Gasteiger charge is -2.04. The van der Waals surface area contributed by atoms with Gasteiger partial charge < -0.3 is 9.15 Å². The maximum Gasteiger partial charge on any atom is 0.227 e. The fourth-order valence-corrected chi connectivity index (χ4v) is 3.36. The minimum atomic E-state index is -0.318. The van der Waals surface area contributed by atoms with Crippen molar-refractivity contribution >= 4 is 22.8 Å². The molecule has 27 heavy (non-hydrogen) atoms. The molecule has 0 saturated carbocycles. The van der Waals surface area contributed by atoms with Crippen LogP contribution >= 0.6 is 11.8 Å². The predicted octanol–water partition coefficient (Wildman–Crippen LogP) is 3.21. The van der Waals surface area contributed by atoms with E-state index in [1.54, 1.807) is 23.0 Å². The van der Waals surface area contributed by atoms with Gasteiger partial charge in [-0.3, -0.25) is 4.79 Å². The third-order valence-corrected chi connectivity index (χ3v) is 4.85. The molecule has 0 radical (unpaired) electrons. The van der Waals surface area contributed by atoms with E-state index in [0.717, 1.165) is 5.39 Å². The van der Waals surface area contributed by atoms with Gasteiger partial charge in [-0.05, 0) is 24.3 Å². The van der Waals surface area contributed by atoms with Gasteiger partial charge in [0.1, 0.15) is 29.2 Å². The van der Waals surface area contributed by atoms with Crippen LogP contribution in [0.5, 0.6) is 5.75 Å². The Kier molecular flexibility index (Phi) is 4.59. The molecular weight excluding hydrogens is 371 g/mol. The highest BCUT2D eigenvalue weighted by Crippen LogP contribution is 2.28. The predicted molar refractivity (Wildman–Crippen MR) is 97.7 cm³/mol. The van der Waals surface area contributed by atoms with Gasteiger partial charge in [-0.25, -0.2) is 19.0 Å². The molecule has 0 bridgehead atoms. The molecule has 3 heterocycles. The Bertz CT molecular complexity index is 1160. The Hall–Kier alpha value is -3.20. The Balaban J connectivity index is 1.62. The number of hydrogen-bond acceptors (Lipinski definition) is 7. The van der Waals surface area contributed by atoms with Crippen LogP contribution in [0.3, 0.4) is 0 Å². The van der Waals surface area contributed by atoms with Crippen molar-refractivity contribution in [3.05, 3.63) is 70.9 Å². The molecule has 0 unspecified atom stereocenters. The van der Waals surface area contributed by atoms with Crippen molar-refractivity contribution in [3.8, 4) is 11.4 Å². The molecule has 0 aliphatic heterocycles. The van der Waals surface area contributed by atoms with Crippen LogP contribution in [0, 0.1) is 5.82 Å². The highest BCUT2D eigenvalue weighted by molar-refractivity contribution is 7.98. The van der Waals surface area contributed by atoms with Crippen LogP contribution in [0.25, 0.3) is 16.7 Å². The van der Waals surface area contributed by atoms with E-state index in [9.17, 15) is 9.18 Å². The topological polar surface area (TPSA) is 83.0 Å². The quantitative estimate of drug-likeness (QED) is 0.386. The summed E-state index contributed by atoms with van der Waals surface area (Å²) in [4.78, 5) is 20.4. The summed E-state index contributed by atoms with van der Waals surface area (Å²) in [6.45, 7) is 0. The molecule has 0 aliphatic carbocycles. The molecule has 0 spiro atoms. The number of rotatable bonds is 5. The van der Waals surface area contributed by atoms with Gasteiger partial charge in [0.25, 0.3) is 0 Å². The van der Waals surface area contributed by atoms with Gasteiger partial charge in [0, 0.05) is 6.07 Å². The summed E-state index contributed by atoms with van der Waals surface area (Å²) < 4.78 is 25.1. The van der Waals surface area contributed by atoms with Gasteiger partial charge in [-0.15, -0.1) is 0 Å². The third-order valence-electron chi connectivity index (χ3n) is 3.82. The summed E-state index contributed by atoms with van der Waals surface area (Å²) in [5.41, 5.74) is 1.06. The summed E-state index contributed by atoms with van der Waals surface area (Å²) >= 11 is 1.40. The normalized spacial score (nSPS) is 11.0. The summed E-state index contributed by atoms with van der Waals surface area (Å²) in [6.07, 6.45) is 4.39. The summed E-state index contributed by atoms with van der Waals surface area (Å²) in [5, 5.41) is 5.79. The summed E-state index contributed by atoms with van der Waals surface area (Å²) in [7, 11) is 1.41. The SMILES string of the molecule is COc1coc(CSc2ncnc3c2cnn3-c2ccc(F)cc2)cc1=O. The van der Waals surface area contributed by atoms with Crippen LogP contribution in [0.15, 0.2) is 63.4 Å². The van der Waals surface area contributed by atoms with Gasteiger partial charge in [0.15, 0.2) is 5.65 Å². The number of ether oxygens (including phenoxy) is 1. The molecule has 9 heteroatoms. The van der Waals surface area contributed by atoms with Crippen molar-refractivity contribution in [2.75, 3.05) is 7.11 Å². The van der Waals surface area contributed by atoms with Gasteiger partial charge >= 0.3 is 0 Å². The number of thioether (sulfide) groups is 1. The second kappa shape index (κ2) is 7.20. The Morgan fingerprint density at radius 3 is 2.81 bits per heavy atom. The van der Waals surface area contributed by atoms with Crippen molar-refractivity contribution in [2.24, 2.45) is 0 Å². The minimum absolute atomic E-state index is 0.161. The van der Waals surface area contributed by atoms with Crippen molar-refractivity contribution in [1.29, 1.82) is 0 Å². The van der Waals surface area contributed by atoms with E-state index in [4.69, 9.17) is 9.15 Å². The minimum Gasteiger partial charge on any atom is -0.490 e. The Labute approximate surface area is 156 Å². The standard InChI is InChI=1S/C18H13FN4O3S/c1-25-16-8-26-13(6-15(16)24)9-27-18-14-7-22-23(17(14)20-10-21-18)12-4-2-11(19)3-5-12/h2-8,10H,9H2,1H3. The number of hydrogen-bond donors (Lipinski definition) is 0. The molecular formula is C18H13FN4O3S. The maximum atomic E-state index is 13.1. The van der Waals surface area contributed by atoms with E-state index in [1.807, 2.05) is 0 Å². The van der Waals surface area contributed by atoms with Gasteiger partial charge in [0.05, 0.1) is 30.1 Å². The fourth-order valence-electron chi connectivity index (χ4n) is 2.51. The second-order valence-electron chi connectivity index (χ2n) is 5.52. The van der Waals surface area contributed by atoms with E-state index in [-0.39, 0.29) is 17.0 Å². The molecule has 0 saturated heterocycles. The first-order valence-corrected chi connectivity index (χ1v) is 8.87. The maximum absolute atomic E-state index is 13.1. The van der Waals surface area contributed by atoms with Crippen LogP contribution in [-0.4, -0.2) is 26.9 Å². The third kappa shape index (κ3) is 3.41. The van der Waals surface area contributed by atoms with Crippen LogP contribution in [0.2, 0.25) is 0 Å². The van der Waals surface area contributed by atoms with Gasteiger partial charge in [0.2, 0.25) is 11.2 Å². The number of benzene rings is 1. The van der Waals surface area contributed by atoms with Crippen LogP contribution < -0.4 is 10.2 Å². The molecule has 0 aliphatic rings. The zero-order valence-electron chi connectivity index (χ0n) is 14.1. The van der Waals surface area contributed by atoms with Crippen molar-refractivity contribution in [3.63, 3.8) is 0 Å². The van der Waals surface area contributed by atoms with Crippen LogP contribution in [0.4, 0.5) is 4.39 Å². The zero-order chi connectivity index (χ0) is 18.8. The summed E-state index contributed by atoms with van der Waals surface area (Å²) in [6, 6.07) is 7.38. The molecule has 4 rings (SSSR count). The Morgan fingerprint density at radius 1 is 1.26 bits per heavy atom. The first kappa shape index (κ1) is 17.2. The number of halogens is 1. The lowest BCUT2D eigenvalue weighted by Crippen LogP contribution is -2.04. The van der Waals surface area contributed by atoms with Crippen molar-refractivity contribution in [2.45, 2.75) is 10.8 Å². The highest BCUT2D eigenvalue weighted by Gasteiger charge is 2.13. The second-order valence-corrected chi connectivity index (χ2v) is 6.48. The molecule has 0 atom stereocenters. The molecule has 0 amide bonds. The van der Waals surface area contributed by atoms with E-state index >= 15 is 0 Å². The molecule has 7 nitrogen and oxygen atoms in total. The number of nitrogens with zero attached hydrogens (tertiary/aromatic N) is 4. The average Bonchev–Trinajstić information content (AvgIpc) is 3.12. The van der Waals surface area contributed by atoms with Gasteiger partial charge in [-0.1, -0.05) is 11.8 Å². The summed E-state index contributed by atoms with van der Waals surface area (Å²) in [5.74, 6) is 0.756. The van der Waals surface area contributed by atoms with Crippen LogP contribution in [-0.2, 0) is 5.75 Å². The molecule has 0 fully saturated rings. The molecule has 136 valence electrons. The number of aromatic nitrogens is 4. The zero-order valence-corrected chi connectivity index (χ0v) is 14.9.